The van der Waals surface area contributed by atoms with Crippen molar-refractivity contribution in [3.05, 3.63) is 82.2 Å². The second-order valence-corrected chi connectivity index (χ2v) is 10.0. The van der Waals surface area contributed by atoms with Crippen LogP contribution < -0.4 is 5.32 Å². The standard InChI is InChI=1S/C26H25ClN4O2S/c27-21-8-6-19(7-9-21)17-31-14-12-18(13-15-31)16-28-25(32)23-11-10-22(34-23)24-29-26(33-30-24)20-4-2-1-3-5-20/h1-11,18H,12-17H2,(H,28,32). The number of nitrogens with zero attached hydrogens (tertiary/aromatic N) is 3. The van der Waals surface area contributed by atoms with Crippen LogP contribution in [-0.4, -0.2) is 40.6 Å². The third kappa shape index (κ3) is 5.55. The van der Waals surface area contributed by atoms with Gasteiger partial charge in [-0.25, -0.2) is 0 Å². The maximum absolute atomic E-state index is 12.7. The number of amides is 1. The van der Waals surface area contributed by atoms with Crippen LogP contribution in [0.5, 0.6) is 0 Å². The van der Waals surface area contributed by atoms with Gasteiger partial charge < -0.3 is 9.84 Å². The third-order valence-electron chi connectivity index (χ3n) is 6.07. The van der Waals surface area contributed by atoms with Gasteiger partial charge in [-0.2, -0.15) is 4.98 Å². The van der Waals surface area contributed by atoms with E-state index in [0.29, 0.717) is 29.1 Å². The summed E-state index contributed by atoms with van der Waals surface area (Å²) in [6.45, 7) is 3.71. The highest BCUT2D eigenvalue weighted by atomic mass is 35.5. The van der Waals surface area contributed by atoms with Gasteiger partial charge in [-0.1, -0.05) is 47.1 Å². The average Bonchev–Trinajstić information content (AvgIpc) is 3.56. The van der Waals surface area contributed by atoms with Gasteiger partial charge in [0.15, 0.2) is 0 Å². The SMILES string of the molecule is O=C(NCC1CCN(Cc2ccc(Cl)cc2)CC1)c1ccc(-c2noc(-c3ccccc3)n2)s1. The van der Waals surface area contributed by atoms with Gasteiger partial charge in [0.1, 0.15) is 0 Å². The molecule has 1 aliphatic rings. The number of hydrogen-bond acceptors (Lipinski definition) is 6. The number of likely N-dealkylation sites (tertiary alicyclic amines) is 1. The average molecular weight is 493 g/mol. The molecule has 0 spiro atoms. The monoisotopic (exact) mass is 492 g/mol. The molecule has 5 rings (SSSR count). The van der Waals surface area contributed by atoms with Crippen LogP contribution in [0.3, 0.4) is 0 Å². The summed E-state index contributed by atoms with van der Waals surface area (Å²) in [4.78, 5) is 21.1. The van der Waals surface area contributed by atoms with E-state index in [1.54, 1.807) is 0 Å². The molecule has 0 aliphatic carbocycles. The Morgan fingerprint density at radius 1 is 1.06 bits per heavy atom. The number of aromatic nitrogens is 2. The number of piperidine rings is 1. The fraction of sp³-hybridized carbons (Fsp3) is 0.269. The Balaban J connectivity index is 1.10. The van der Waals surface area contributed by atoms with Crippen LogP contribution in [0.1, 0.15) is 28.1 Å². The zero-order valence-electron chi connectivity index (χ0n) is 18.6. The Morgan fingerprint density at radius 3 is 2.59 bits per heavy atom. The molecule has 0 atom stereocenters. The van der Waals surface area contributed by atoms with E-state index in [1.807, 2.05) is 54.6 Å². The Labute approximate surface area is 207 Å². The summed E-state index contributed by atoms with van der Waals surface area (Å²) in [5.41, 5.74) is 2.15. The van der Waals surface area contributed by atoms with E-state index in [1.165, 1.54) is 16.9 Å². The summed E-state index contributed by atoms with van der Waals surface area (Å²) < 4.78 is 5.39. The van der Waals surface area contributed by atoms with Gasteiger partial charge in [0, 0.05) is 23.7 Å². The van der Waals surface area contributed by atoms with Crippen molar-refractivity contribution in [2.24, 2.45) is 5.92 Å². The highest BCUT2D eigenvalue weighted by Crippen LogP contribution is 2.28. The zero-order valence-corrected chi connectivity index (χ0v) is 20.2. The van der Waals surface area contributed by atoms with Crippen molar-refractivity contribution < 1.29 is 9.32 Å². The first-order valence-corrected chi connectivity index (χ1v) is 12.6. The smallest absolute Gasteiger partial charge is 0.261 e. The van der Waals surface area contributed by atoms with Gasteiger partial charge in [-0.15, -0.1) is 11.3 Å². The van der Waals surface area contributed by atoms with Gasteiger partial charge >= 0.3 is 0 Å². The number of hydrogen-bond donors (Lipinski definition) is 1. The minimum atomic E-state index is -0.0494. The largest absolute Gasteiger partial charge is 0.351 e. The fourth-order valence-corrected chi connectivity index (χ4v) is 5.10. The van der Waals surface area contributed by atoms with Crippen LogP contribution in [0.15, 0.2) is 71.3 Å². The first-order chi connectivity index (χ1) is 16.6. The van der Waals surface area contributed by atoms with E-state index >= 15 is 0 Å². The van der Waals surface area contributed by atoms with Gasteiger partial charge in [0.2, 0.25) is 5.82 Å². The lowest BCUT2D eigenvalue weighted by molar-refractivity contribution is 0.0939. The molecule has 6 nitrogen and oxygen atoms in total. The normalized spacial score (nSPS) is 14.9. The lowest BCUT2D eigenvalue weighted by atomic mass is 9.96. The van der Waals surface area contributed by atoms with E-state index < -0.39 is 0 Å². The van der Waals surface area contributed by atoms with E-state index in [4.69, 9.17) is 16.1 Å². The highest BCUT2D eigenvalue weighted by molar-refractivity contribution is 7.17. The van der Waals surface area contributed by atoms with E-state index in [2.05, 4.69) is 32.5 Å². The lowest BCUT2D eigenvalue weighted by Crippen LogP contribution is -2.38. The number of thiophene rings is 1. The summed E-state index contributed by atoms with van der Waals surface area (Å²) >= 11 is 7.35. The van der Waals surface area contributed by atoms with Crippen molar-refractivity contribution in [3.63, 3.8) is 0 Å². The Bertz CT molecular complexity index is 1230. The fourth-order valence-electron chi connectivity index (χ4n) is 4.12. The van der Waals surface area contributed by atoms with Gasteiger partial charge in [-0.3, -0.25) is 9.69 Å². The third-order valence-corrected chi connectivity index (χ3v) is 7.41. The molecular weight excluding hydrogens is 468 g/mol. The van der Waals surface area contributed by atoms with E-state index in [9.17, 15) is 4.79 Å². The van der Waals surface area contributed by atoms with Crippen LogP contribution in [0.25, 0.3) is 22.2 Å². The molecule has 8 heteroatoms. The molecule has 3 heterocycles. The molecule has 4 aromatic rings. The molecule has 1 fully saturated rings. The van der Waals surface area contributed by atoms with E-state index in [0.717, 1.165) is 47.9 Å². The predicted octanol–water partition coefficient (Wildman–Crippen LogP) is 5.76. The van der Waals surface area contributed by atoms with Crippen LogP contribution in [-0.2, 0) is 6.54 Å². The van der Waals surface area contributed by atoms with Crippen LogP contribution in [0.2, 0.25) is 5.02 Å². The lowest BCUT2D eigenvalue weighted by Gasteiger charge is -2.32. The highest BCUT2D eigenvalue weighted by Gasteiger charge is 2.21. The Morgan fingerprint density at radius 2 is 1.82 bits per heavy atom. The second kappa shape index (κ2) is 10.5. The molecule has 1 amide bonds. The molecule has 1 N–H and O–H groups in total. The van der Waals surface area contributed by atoms with Gasteiger partial charge in [-0.05, 0) is 73.8 Å². The van der Waals surface area contributed by atoms with Crippen LogP contribution in [0, 0.1) is 5.92 Å². The quantitative estimate of drug-likeness (QED) is 0.355. The molecule has 2 aromatic heterocycles. The minimum Gasteiger partial charge on any atom is -0.351 e. The molecule has 1 aliphatic heterocycles. The maximum atomic E-state index is 12.7. The van der Waals surface area contributed by atoms with Gasteiger partial charge in [0.05, 0.1) is 9.75 Å². The molecule has 174 valence electrons. The maximum Gasteiger partial charge on any atom is 0.261 e. The van der Waals surface area contributed by atoms with Crippen molar-refractivity contribution in [2.75, 3.05) is 19.6 Å². The summed E-state index contributed by atoms with van der Waals surface area (Å²) in [5.74, 6) is 1.41. The molecule has 0 saturated carbocycles. The van der Waals surface area contributed by atoms with Crippen LogP contribution in [0.4, 0.5) is 0 Å². The Hall–Kier alpha value is -3.00. The number of halogens is 1. The van der Waals surface area contributed by atoms with Crippen molar-refractivity contribution in [1.82, 2.24) is 20.4 Å². The number of rotatable bonds is 7. The van der Waals surface area contributed by atoms with Crippen molar-refractivity contribution >= 4 is 28.8 Å². The van der Waals surface area contributed by atoms with Crippen LogP contribution >= 0.6 is 22.9 Å². The van der Waals surface area contributed by atoms with E-state index in [-0.39, 0.29) is 5.91 Å². The number of nitrogens with one attached hydrogen (secondary N) is 1. The first-order valence-electron chi connectivity index (χ1n) is 11.4. The summed E-state index contributed by atoms with van der Waals surface area (Å²) in [6, 6.07) is 21.4. The number of carbonyl (C=O) groups is 1. The van der Waals surface area contributed by atoms with Gasteiger partial charge in [0.25, 0.3) is 11.8 Å². The summed E-state index contributed by atoms with van der Waals surface area (Å²) in [7, 11) is 0. The summed E-state index contributed by atoms with van der Waals surface area (Å²) in [5, 5.41) is 7.96. The number of benzene rings is 2. The minimum absolute atomic E-state index is 0.0494. The molecule has 0 radical (unpaired) electrons. The van der Waals surface area contributed by atoms with Crippen molar-refractivity contribution in [3.8, 4) is 22.2 Å². The summed E-state index contributed by atoms with van der Waals surface area (Å²) in [6.07, 6.45) is 2.16. The zero-order chi connectivity index (χ0) is 23.3. The molecule has 34 heavy (non-hydrogen) atoms. The predicted molar refractivity (Wildman–Crippen MR) is 135 cm³/mol. The molecule has 0 bridgehead atoms. The molecule has 1 saturated heterocycles. The molecule has 0 unspecified atom stereocenters. The Kier molecular flexibility index (Phi) is 7.04. The first kappa shape index (κ1) is 22.8. The molecule has 2 aromatic carbocycles. The van der Waals surface area contributed by atoms with Crippen molar-refractivity contribution in [2.45, 2.75) is 19.4 Å². The number of carbonyl (C=O) groups excluding carboxylic acids is 1. The van der Waals surface area contributed by atoms with Crippen molar-refractivity contribution in [1.29, 1.82) is 0 Å². The second-order valence-electron chi connectivity index (χ2n) is 8.51. The molecular formula is C26H25ClN4O2S. The topological polar surface area (TPSA) is 71.3 Å².